The molecule has 0 saturated carbocycles. The zero-order chi connectivity index (χ0) is 33.3. The van der Waals surface area contributed by atoms with Crippen LogP contribution >= 0.6 is 0 Å². The van der Waals surface area contributed by atoms with Crippen molar-refractivity contribution in [3.05, 3.63) is 76.7 Å². The maximum absolute atomic E-state index is 15.3. The van der Waals surface area contributed by atoms with Crippen LogP contribution in [-0.2, 0) is 24.8 Å². The first-order chi connectivity index (χ1) is 21.0. The number of rotatable bonds is 10. The molecule has 45 heavy (non-hydrogen) atoms. The number of halogens is 3. The minimum Gasteiger partial charge on any atom is -0.489 e. The maximum atomic E-state index is 15.3. The molecule has 0 aliphatic rings. The van der Waals surface area contributed by atoms with Gasteiger partial charge in [-0.1, -0.05) is 19.9 Å². The molecule has 1 unspecified atom stereocenters. The maximum Gasteiger partial charge on any atom is 0.410 e. The van der Waals surface area contributed by atoms with Gasteiger partial charge in [0, 0.05) is 60.9 Å². The van der Waals surface area contributed by atoms with E-state index in [1.54, 1.807) is 83.9 Å². The Bertz CT molecular complexity index is 1700. The van der Waals surface area contributed by atoms with Crippen molar-refractivity contribution in [2.45, 2.75) is 66.2 Å². The second kappa shape index (κ2) is 13.1. The number of hydrogen-bond acceptors (Lipinski definition) is 6. The first kappa shape index (κ1) is 33.8. The molecule has 1 atom stereocenters. The van der Waals surface area contributed by atoms with Crippen LogP contribution in [0.1, 0.15) is 63.2 Å². The van der Waals surface area contributed by atoms with Crippen molar-refractivity contribution < 1.29 is 32.5 Å². The number of carbonyl (C=O) groups excluding carboxylic acids is 1. The Morgan fingerprint density at radius 1 is 1.11 bits per heavy atom. The first-order valence-corrected chi connectivity index (χ1v) is 14.7. The zero-order valence-electron chi connectivity index (χ0n) is 27.0. The van der Waals surface area contributed by atoms with Crippen LogP contribution in [0, 0.1) is 24.0 Å². The quantitative estimate of drug-likeness (QED) is 0.200. The summed E-state index contributed by atoms with van der Waals surface area (Å²) in [5, 5.41) is 16.0. The molecule has 4 aromatic rings. The summed E-state index contributed by atoms with van der Waals surface area (Å²) in [6.07, 6.45) is 0.209. The number of carbonyl (C=O) groups is 1. The molecule has 0 aliphatic carbocycles. The van der Waals surface area contributed by atoms with Crippen LogP contribution in [0.15, 0.2) is 42.6 Å². The van der Waals surface area contributed by atoms with E-state index in [-0.39, 0.29) is 25.3 Å². The molecule has 2 heterocycles. The van der Waals surface area contributed by atoms with Crippen molar-refractivity contribution in [1.82, 2.24) is 19.7 Å². The van der Waals surface area contributed by atoms with Crippen LogP contribution < -0.4 is 4.74 Å². The lowest BCUT2D eigenvalue weighted by atomic mass is 9.84. The highest BCUT2D eigenvalue weighted by atomic mass is 19.2. The summed E-state index contributed by atoms with van der Waals surface area (Å²) >= 11 is 0. The normalized spacial score (nSPS) is 12.8. The lowest BCUT2D eigenvalue weighted by Crippen LogP contribution is -2.33. The van der Waals surface area contributed by atoms with Crippen molar-refractivity contribution in [2.24, 2.45) is 12.5 Å². The first-order valence-electron chi connectivity index (χ1n) is 14.7. The summed E-state index contributed by atoms with van der Waals surface area (Å²) in [4.78, 5) is 18.5. The number of pyridine rings is 1. The molecule has 0 fully saturated rings. The Kier molecular flexibility index (Phi) is 9.82. The predicted octanol–water partition coefficient (Wildman–Crippen LogP) is 7.24. The number of amides is 1. The lowest BCUT2D eigenvalue weighted by molar-refractivity contribution is 0.0266. The molecule has 242 valence electrons. The Balaban J connectivity index is 1.65. The van der Waals surface area contributed by atoms with Gasteiger partial charge in [-0.05, 0) is 69.2 Å². The number of nitrogens with zero attached hydrogens (tertiary/aromatic N) is 4. The van der Waals surface area contributed by atoms with Crippen molar-refractivity contribution in [3.8, 4) is 16.9 Å². The lowest BCUT2D eigenvalue weighted by Gasteiger charge is -2.26. The summed E-state index contributed by atoms with van der Waals surface area (Å²) in [5.41, 5.74) is 2.34. The molecule has 2 aromatic heterocycles. The molecule has 0 radical (unpaired) electrons. The van der Waals surface area contributed by atoms with E-state index in [0.717, 1.165) is 22.7 Å². The van der Waals surface area contributed by atoms with Gasteiger partial charge in [-0.3, -0.25) is 14.1 Å². The van der Waals surface area contributed by atoms with Gasteiger partial charge in [-0.2, -0.15) is 9.49 Å². The smallest absolute Gasteiger partial charge is 0.410 e. The molecule has 8 nitrogen and oxygen atoms in total. The number of fused-ring (bicyclic) bond motifs is 1. The van der Waals surface area contributed by atoms with Crippen molar-refractivity contribution in [2.75, 3.05) is 20.3 Å². The summed E-state index contributed by atoms with van der Waals surface area (Å²) < 4.78 is 56.4. The van der Waals surface area contributed by atoms with Gasteiger partial charge < -0.3 is 19.5 Å². The van der Waals surface area contributed by atoms with E-state index in [2.05, 4.69) is 10.1 Å². The number of alkyl halides is 1. The van der Waals surface area contributed by atoms with Crippen LogP contribution in [0.3, 0.4) is 0 Å². The van der Waals surface area contributed by atoms with Gasteiger partial charge in [0.1, 0.15) is 11.7 Å². The number of aromatic nitrogens is 3. The second-order valence-corrected chi connectivity index (χ2v) is 13.0. The van der Waals surface area contributed by atoms with Crippen LogP contribution in [0.5, 0.6) is 5.75 Å². The van der Waals surface area contributed by atoms with Gasteiger partial charge in [-0.15, -0.1) is 0 Å². The molecule has 0 saturated heterocycles. The highest BCUT2D eigenvalue weighted by Gasteiger charge is 2.34. The molecular formula is C34H41F3N4O4. The number of aliphatic hydroxyl groups is 1. The minimum atomic E-state index is -1.17. The average molecular weight is 627 g/mol. The number of aliphatic hydroxyl groups excluding tert-OH is 1. The molecule has 0 spiro atoms. The van der Waals surface area contributed by atoms with Gasteiger partial charge >= 0.3 is 6.09 Å². The van der Waals surface area contributed by atoms with Gasteiger partial charge in [0.05, 0.1) is 24.5 Å². The predicted molar refractivity (Wildman–Crippen MR) is 167 cm³/mol. The fourth-order valence-corrected chi connectivity index (χ4v) is 4.97. The zero-order valence-corrected chi connectivity index (χ0v) is 27.0. The van der Waals surface area contributed by atoms with E-state index in [1.807, 2.05) is 6.92 Å². The standard InChI is InChI=1S/C34H41F3N4O4/c1-20-23(29(39-41(20)8)31(42)34(5,6)19-35)14-16-44-30-24(10-11-26(36)28(30)37)21-9-12-27-25(17-21)22(13-15-38-27)18-40(7)32(43)45-33(2,3)4/h9-13,15,17,31,42H,14,16,18-19H2,1-8H3. The number of aryl methyl sites for hydroxylation is 1. The molecule has 1 amide bonds. The molecular weight excluding hydrogens is 585 g/mol. The van der Waals surface area contributed by atoms with Crippen molar-refractivity contribution >= 4 is 17.0 Å². The number of benzene rings is 2. The summed E-state index contributed by atoms with van der Waals surface area (Å²) in [6.45, 7) is 9.83. The van der Waals surface area contributed by atoms with E-state index >= 15 is 4.39 Å². The third-order valence-electron chi connectivity index (χ3n) is 7.74. The molecule has 4 rings (SSSR count). The minimum absolute atomic E-state index is 0.0588. The van der Waals surface area contributed by atoms with Crippen LogP contribution in [0.4, 0.5) is 18.0 Å². The molecule has 1 N–H and O–H groups in total. The Labute approximate surface area is 261 Å². The second-order valence-electron chi connectivity index (χ2n) is 13.0. The number of hydrogen-bond donors (Lipinski definition) is 1. The van der Waals surface area contributed by atoms with E-state index in [4.69, 9.17) is 9.47 Å². The third-order valence-corrected chi connectivity index (χ3v) is 7.74. The Hall–Kier alpha value is -4.12. The number of ether oxygens (including phenoxy) is 2. The SMILES string of the molecule is Cc1c(CCOc2c(-c3ccc4nccc(CN(C)C(=O)OC(C)(C)C)c4c3)ccc(F)c2F)c(C(O)C(C)(C)CF)nn1C. The highest BCUT2D eigenvalue weighted by molar-refractivity contribution is 5.88. The largest absolute Gasteiger partial charge is 0.489 e. The van der Waals surface area contributed by atoms with Gasteiger partial charge in [0.25, 0.3) is 0 Å². The van der Waals surface area contributed by atoms with Crippen molar-refractivity contribution in [1.29, 1.82) is 0 Å². The highest BCUT2D eigenvalue weighted by Crippen LogP contribution is 2.38. The Morgan fingerprint density at radius 3 is 2.49 bits per heavy atom. The fourth-order valence-electron chi connectivity index (χ4n) is 4.97. The molecule has 11 heteroatoms. The summed E-state index contributed by atoms with van der Waals surface area (Å²) in [7, 11) is 3.36. The van der Waals surface area contributed by atoms with Gasteiger partial charge in [-0.25, -0.2) is 9.18 Å². The van der Waals surface area contributed by atoms with Crippen LogP contribution in [-0.4, -0.2) is 56.8 Å². The van der Waals surface area contributed by atoms with E-state index < -0.39 is 41.5 Å². The molecule has 2 aromatic carbocycles. The van der Waals surface area contributed by atoms with Gasteiger partial charge in [0.15, 0.2) is 11.6 Å². The molecule has 0 bridgehead atoms. The van der Waals surface area contributed by atoms with E-state index in [9.17, 15) is 18.7 Å². The summed E-state index contributed by atoms with van der Waals surface area (Å²) in [5.74, 6) is -2.46. The third kappa shape index (κ3) is 7.41. The van der Waals surface area contributed by atoms with E-state index in [0.29, 0.717) is 27.9 Å². The van der Waals surface area contributed by atoms with Crippen molar-refractivity contribution in [3.63, 3.8) is 0 Å². The monoisotopic (exact) mass is 626 g/mol. The fraction of sp³-hybridized carbons (Fsp3) is 0.441. The molecule has 0 aliphatic heterocycles. The van der Waals surface area contributed by atoms with Crippen LogP contribution in [0.2, 0.25) is 0 Å². The average Bonchev–Trinajstić information content (AvgIpc) is 3.26. The van der Waals surface area contributed by atoms with Gasteiger partial charge in [0.2, 0.25) is 5.82 Å². The Morgan fingerprint density at radius 2 is 1.82 bits per heavy atom. The van der Waals surface area contributed by atoms with E-state index in [1.165, 1.54) is 11.0 Å². The van der Waals surface area contributed by atoms with Crippen LogP contribution in [0.25, 0.3) is 22.0 Å². The summed E-state index contributed by atoms with van der Waals surface area (Å²) in [6, 6.07) is 9.61. The topological polar surface area (TPSA) is 89.7 Å².